The minimum atomic E-state index is -4.31. The van der Waals surface area contributed by atoms with Crippen molar-refractivity contribution >= 4 is 10.0 Å². The van der Waals surface area contributed by atoms with E-state index >= 15 is 0 Å². The van der Waals surface area contributed by atoms with Gasteiger partial charge < -0.3 is 5.11 Å². The van der Waals surface area contributed by atoms with Gasteiger partial charge in [-0.2, -0.15) is 0 Å². The van der Waals surface area contributed by atoms with Gasteiger partial charge in [0.05, 0.1) is 6.10 Å². The van der Waals surface area contributed by atoms with Crippen LogP contribution in [0.25, 0.3) is 0 Å². The Hall–Kier alpha value is -1.05. The molecule has 0 bridgehead atoms. The Morgan fingerprint density at radius 3 is 2.32 bits per heavy atom. The fraction of sp³-hybridized carbons (Fsp3) is 0.500. The number of sulfonamides is 1. The van der Waals surface area contributed by atoms with Crippen LogP contribution in [0.2, 0.25) is 0 Å². The molecule has 0 aliphatic heterocycles. The van der Waals surface area contributed by atoms with Crippen molar-refractivity contribution in [3.8, 4) is 0 Å². The summed E-state index contributed by atoms with van der Waals surface area (Å²) in [6.07, 6.45) is 1.69. The maximum atomic E-state index is 13.5. The lowest BCUT2D eigenvalue weighted by Crippen LogP contribution is -2.45. The van der Waals surface area contributed by atoms with Gasteiger partial charge in [-0.1, -0.05) is 18.9 Å². The van der Waals surface area contributed by atoms with Gasteiger partial charge in [-0.25, -0.2) is 21.9 Å². The number of hydrogen-bond acceptors (Lipinski definition) is 3. The lowest BCUT2D eigenvalue weighted by molar-refractivity contribution is 0.101. The van der Waals surface area contributed by atoms with Crippen LogP contribution in [-0.2, 0) is 10.0 Å². The molecule has 0 saturated heterocycles. The molecule has 1 aromatic rings. The third-order valence-electron chi connectivity index (χ3n) is 3.22. The van der Waals surface area contributed by atoms with E-state index in [1.54, 1.807) is 0 Å². The number of rotatable bonds is 3. The van der Waals surface area contributed by atoms with E-state index in [0.29, 0.717) is 12.8 Å². The summed E-state index contributed by atoms with van der Waals surface area (Å²) < 4.78 is 53.1. The minimum absolute atomic E-state index is 0.455. The van der Waals surface area contributed by atoms with Gasteiger partial charge in [0.2, 0.25) is 10.0 Å². The first-order valence-corrected chi connectivity index (χ1v) is 7.54. The van der Waals surface area contributed by atoms with Gasteiger partial charge in [0.1, 0.15) is 11.6 Å². The molecule has 7 heteroatoms. The third kappa shape index (κ3) is 3.10. The molecule has 1 fully saturated rings. The van der Waals surface area contributed by atoms with Gasteiger partial charge in [-0.3, -0.25) is 0 Å². The van der Waals surface area contributed by atoms with Crippen molar-refractivity contribution in [2.75, 3.05) is 0 Å². The Bertz CT molecular complexity index is 542. The van der Waals surface area contributed by atoms with Crippen LogP contribution in [-0.4, -0.2) is 25.7 Å². The largest absolute Gasteiger partial charge is 0.391 e. The highest BCUT2D eigenvalue weighted by atomic mass is 32.2. The van der Waals surface area contributed by atoms with Gasteiger partial charge in [-0.05, 0) is 25.0 Å². The summed E-state index contributed by atoms with van der Waals surface area (Å²) in [4.78, 5) is -0.993. The van der Waals surface area contributed by atoms with Crippen molar-refractivity contribution in [1.82, 2.24) is 4.72 Å². The van der Waals surface area contributed by atoms with Crippen molar-refractivity contribution in [2.45, 2.75) is 42.7 Å². The first kappa shape index (κ1) is 14.4. The van der Waals surface area contributed by atoms with Crippen LogP contribution in [0.1, 0.15) is 25.7 Å². The van der Waals surface area contributed by atoms with E-state index in [0.717, 1.165) is 31.0 Å². The SMILES string of the molecule is O=S(=O)(N[C@@H]1CCCC[C@H]1O)c1c(F)cccc1F. The molecular weight excluding hydrogens is 276 g/mol. The number of benzene rings is 1. The van der Waals surface area contributed by atoms with Gasteiger partial charge in [-0.15, -0.1) is 0 Å². The first-order chi connectivity index (χ1) is 8.92. The second kappa shape index (κ2) is 5.52. The molecule has 0 aromatic heterocycles. The lowest BCUT2D eigenvalue weighted by Gasteiger charge is -2.28. The molecule has 4 nitrogen and oxygen atoms in total. The number of hydrogen-bond donors (Lipinski definition) is 2. The average Bonchev–Trinajstić information content (AvgIpc) is 2.31. The van der Waals surface area contributed by atoms with Crippen LogP contribution in [0, 0.1) is 11.6 Å². The average molecular weight is 291 g/mol. The Labute approximate surface area is 110 Å². The molecule has 19 heavy (non-hydrogen) atoms. The van der Waals surface area contributed by atoms with Crippen molar-refractivity contribution in [2.24, 2.45) is 0 Å². The molecule has 1 aromatic carbocycles. The Balaban J connectivity index is 2.27. The minimum Gasteiger partial charge on any atom is -0.391 e. The highest BCUT2D eigenvalue weighted by molar-refractivity contribution is 7.89. The zero-order chi connectivity index (χ0) is 14.0. The number of aliphatic hydroxyl groups is 1. The monoisotopic (exact) mass is 291 g/mol. The van der Waals surface area contributed by atoms with E-state index in [-0.39, 0.29) is 0 Å². The Morgan fingerprint density at radius 1 is 1.16 bits per heavy atom. The topological polar surface area (TPSA) is 66.4 Å². The van der Waals surface area contributed by atoms with E-state index in [2.05, 4.69) is 4.72 Å². The third-order valence-corrected chi connectivity index (χ3v) is 4.76. The second-order valence-corrected chi connectivity index (χ2v) is 6.28. The zero-order valence-corrected chi connectivity index (χ0v) is 11.0. The summed E-state index contributed by atoms with van der Waals surface area (Å²) in [6.45, 7) is 0. The summed E-state index contributed by atoms with van der Waals surface area (Å²) in [5.41, 5.74) is 0. The Kier molecular flexibility index (Phi) is 4.17. The number of aliphatic hydroxyl groups excluding tert-OH is 1. The van der Waals surface area contributed by atoms with Gasteiger partial charge in [0.25, 0.3) is 0 Å². The predicted octanol–water partition coefficient (Wildman–Crippen LogP) is 1.55. The zero-order valence-electron chi connectivity index (χ0n) is 10.1. The molecule has 1 aliphatic rings. The highest BCUT2D eigenvalue weighted by Gasteiger charge is 2.31. The standard InChI is InChI=1S/C12H15F2NO3S/c13-8-4-3-5-9(14)12(8)19(17,18)15-10-6-1-2-7-11(10)16/h3-5,10-11,15-16H,1-2,6-7H2/t10-,11-/m1/s1. The molecule has 106 valence electrons. The van der Waals surface area contributed by atoms with Crippen LogP contribution in [0.4, 0.5) is 8.78 Å². The fourth-order valence-corrected chi connectivity index (χ4v) is 3.69. The second-order valence-electron chi connectivity index (χ2n) is 4.63. The van der Waals surface area contributed by atoms with Crippen molar-refractivity contribution in [3.05, 3.63) is 29.8 Å². The van der Waals surface area contributed by atoms with E-state index in [1.165, 1.54) is 0 Å². The molecule has 0 spiro atoms. The van der Waals surface area contributed by atoms with Crippen LogP contribution in [0.5, 0.6) is 0 Å². The van der Waals surface area contributed by atoms with Gasteiger partial charge in [0, 0.05) is 6.04 Å². The van der Waals surface area contributed by atoms with E-state index in [9.17, 15) is 22.3 Å². The van der Waals surface area contributed by atoms with Crippen LogP contribution >= 0.6 is 0 Å². The molecule has 2 atom stereocenters. The normalized spacial score (nSPS) is 24.4. The first-order valence-electron chi connectivity index (χ1n) is 6.06. The molecule has 0 heterocycles. The predicted molar refractivity (Wildman–Crippen MR) is 64.9 cm³/mol. The molecule has 0 unspecified atom stereocenters. The number of nitrogens with one attached hydrogen (secondary N) is 1. The van der Waals surface area contributed by atoms with Crippen molar-refractivity contribution in [1.29, 1.82) is 0 Å². The highest BCUT2D eigenvalue weighted by Crippen LogP contribution is 2.23. The molecular formula is C12H15F2NO3S. The molecule has 2 rings (SSSR count). The van der Waals surface area contributed by atoms with Gasteiger partial charge in [0.15, 0.2) is 4.90 Å². The summed E-state index contributed by atoms with van der Waals surface area (Å²) in [6, 6.07) is 2.17. The quantitative estimate of drug-likeness (QED) is 0.888. The molecule has 1 aliphatic carbocycles. The van der Waals surface area contributed by atoms with E-state index in [1.807, 2.05) is 0 Å². The van der Waals surface area contributed by atoms with Gasteiger partial charge >= 0.3 is 0 Å². The number of halogens is 2. The fourth-order valence-electron chi connectivity index (χ4n) is 2.25. The molecule has 1 saturated carbocycles. The lowest BCUT2D eigenvalue weighted by atomic mass is 9.93. The molecule has 0 amide bonds. The summed E-state index contributed by atoms with van der Waals surface area (Å²) in [5, 5.41) is 9.70. The van der Waals surface area contributed by atoms with E-state index in [4.69, 9.17) is 0 Å². The maximum absolute atomic E-state index is 13.5. The summed E-state index contributed by atoms with van der Waals surface area (Å²) in [5.74, 6) is -2.28. The Morgan fingerprint density at radius 2 is 1.74 bits per heavy atom. The molecule has 2 N–H and O–H groups in total. The van der Waals surface area contributed by atoms with Crippen molar-refractivity contribution < 1.29 is 22.3 Å². The van der Waals surface area contributed by atoms with Crippen molar-refractivity contribution in [3.63, 3.8) is 0 Å². The van der Waals surface area contributed by atoms with Crippen LogP contribution in [0.3, 0.4) is 0 Å². The van der Waals surface area contributed by atoms with E-state index < -0.39 is 38.7 Å². The van der Waals surface area contributed by atoms with Crippen LogP contribution < -0.4 is 4.72 Å². The smallest absolute Gasteiger partial charge is 0.246 e. The molecule has 0 radical (unpaired) electrons. The summed E-state index contributed by atoms with van der Waals surface area (Å²) >= 11 is 0. The van der Waals surface area contributed by atoms with Crippen LogP contribution in [0.15, 0.2) is 23.1 Å². The summed E-state index contributed by atoms with van der Waals surface area (Å²) in [7, 11) is -4.31. The maximum Gasteiger partial charge on any atom is 0.246 e.